The molecule has 8 heteroatoms. The van der Waals surface area contributed by atoms with Crippen LogP contribution >= 0.6 is 0 Å². The van der Waals surface area contributed by atoms with Crippen LogP contribution in [0.4, 0.5) is 16.3 Å². The maximum absolute atomic E-state index is 12.6. The Bertz CT molecular complexity index is 840. The van der Waals surface area contributed by atoms with Crippen LogP contribution < -0.4 is 15.4 Å². The highest BCUT2D eigenvalue weighted by Crippen LogP contribution is 2.22. The summed E-state index contributed by atoms with van der Waals surface area (Å²) in [5.74, 6) is 1.64. The Hall–Kier alpha value is -3.29. The first-order valence-electron chi connectivity index (χ1n) is 9.75. The van der Waals surface area contributed by atoms with Crippen molar-refractivity contribution in [3.8, 4) is 5.75 Å². The van der Waals surface area contributed by atoms with Crippen molar-refractivity contribution >= 4 is 23.8 Å². The minimum Gasteiger partial charge on any atom is -0.494 e. The number of hydrogen-bond acceptors (Lipinski definition) is 6. The van der Waals surface area contributed by atoms with E-state index in [1.54, 1.807) is 23.2 Å². The summed E-state index contributed by atoms with van der Waals surface area (Å²) in [6.45, 7) is 4.90. The SMILES string of the molecule is CC(CCOc1ccc(/C=N/O)cc1)CCN1CCN(c2ccnc(N)c2)C1=O. The van der Waals surface area contributed by atoms with Crippen molar-refractivity contribution in [1.82, 2.24) is 9.88 Å². The van der Waals surface area contributed by atoms with E-state index in [2.05, 4.69) is 17.1 Å². The van der Waals surface area contributed by atoms with Gasteiger partial charge in [0, 0.05) is 31.9 Å². The number of anilines is 2. The van der Waals surface area contributed by atoms with Crippen molar-refractivity contribution < 1.29 is 14.7 Å². The van der Waals surface area contributed by atoms with Crippen LogP contribution in [0.3, 0.4) is 0 Å². The third-order valence-electron chi connectivity index (χ3n) is 5.03. The third kappa shape index (κ3) is 5.60. The van der Waals surface area contributed by atoms with Gasteiger partial charge in [0.15, 0.2) is 0 Å². The normalized spacial score (nSPS) is 15.3. The first kappa shape index (κ1) is 20.4. The van der Waals surface area contributed by atoms with E-state index in [9.17, 15) is 4.79 Å². The van der Waals surface area contributed by atoms with Crippen LogP contribution in [-0.2, 0) is 0 Å². The smallest absolute Gasteiger partial charge is 0.324 e. The molecule has 2 heterocycles. The summed E-state index contributed by atoms with van der Waals surface area (Å²) in [5.41, 5.74) is 7.33. The molecule has 154 valence electrons. The molecular formula is C21H27N5O3. The fourth-order valence-corrected chi connectivity index (χ4v) is 3.25. The van der Waals surface area contributed by atoms with Gasteiger partial charge in [0.05, 0.1) is 18.5 Å². The number of ether oxygens (including phenoxy) is 1. The van der Waals surface area contributed by atoms with Crippen LogP contribution in [-0.4, -0.2) is 53.6 Å². The second-order valence-corrected chi connectivity index (χ2v) is 7.20. The fourth-order valence-electron chi connectivity index (χ4n) is 3.25. The molecule has 1 fully saturated rings. The van der Waals surface area contributed by atoms with Crippen molar-refractivity contribution in [2.75, 3.05) is 36.9 Å². The number of hydrogen-bond donors (Lipinski definition) is 2. The standard InChI is InChI=1S/C21H27N5O3/c1-16(8-13-29-19-4-2-17(3-5-19)15-24-28)7-10-25-11-12-26(21(25)27)18-6-9-23-20(22)14-18/h2-6,9,14-16,28H,7-8,10-13H2,1H3,(H2,22,23)/b24-15+. The molecular weight excluding hydrogens is 370 g/mol. The maximum Gasteiger partial charge on any atom is 0.324 e. The molecule has 0 spiro atoms. The van der Waals surface area contributed by atoms with Gasteiger partial charge >= 0.3 is 6.03 Å². The first-order valence-corrected chi connectivity index (χ1v) is 9.75. The van der Waals surface area contributed by atoms with Gasteiger partial charge < -0.3 is 20.6 Å². The molecule has 0 bridgehead atoms. The molecule has 29 heavy (non-hydrogen) atoms. The first-order chi connectivity index (χ1) is 14.1. The summed E-state index contributed by atoms with van der Waals surface area (Å²) in [4.78, 5) is 20.3. The average molecular weight is 397 g/mol. The largest absolute Gasteiger partial charge is 0.494 e. The summed E-state index contributed by atoms with van der Waals surface area (Å²) < 4.78 is 5.78. The molecule has 8 nitrogen and oxygen atoms in total. The van der Waals surface area contributed by atoms with E-state index < -0.39 is 0 Å². The molecule has 0 saturated carbocycles. The van der Waals surface area contributed by atoms with Gasteiger partial charge in [0.2, 0.25) is 0 Å². The lowest BCUT2D eigenvalue weighted by atomic mass is 10.0. The minimum absolute atomic E-state index is 0.0190. The molecule has 2 aromatic rings. The zero-order valence-corrected chi connectivity index (χ0v) is 16.6. The van der Waals surface area contributed by atoms with Crippen LogP contribution in [0.5, 0.6) is 5.75 Å². The van der Waals surface area contributed by atoms with Gasteiger partial charge in [-0.15, -0.1) is 0 Å². The summed E-state index contributed by atoms with van der Waals surface area (Å²) in [5, 5.41) is 11.5. The third-order valence-corrected chi connectivity index (χ3v) is 5.03. The van der Waals surface area contributed by atoms with E-state index in [0.29, 0.717) is 31.4 Å². The number of pyridine rings is 1. The quantitative estimate of drug-likeness (QED) is 0.384. The predicted molar refractivity (Wildman–Crippen MR) is 113 cm³/mol. The van der Waals surface area contributed by atoms with Gasteiger partial charge in [-0.3, -0.25) is 4.90 Å². The zero-order valence-electron chi connectivity index (χ0n) is 16.6. The van der Waals surface area contributed by atoms with Crippen LogP contribution in [0.2, 0.25) is 0 Å². The topological polar surface area (TPSA) is 104 Å². The Morgan fingerprint density at radius 2 is 2.07 bits per heavy atom. The second-order valence-electron chi connectivity index (χ2n) is 7.20. The Kier molecular flexibility index (Phi) is 6.89. The van der Waals surface area contributed by atoms with Gasteiger partial charge in [-0.1, -0.05) is 12.1 Å². The molecule has 0 radical (unpaired) electrons. The Morgan fingerprint density at radius 3 is 2.79 bits per heavy atom. The van der Waals surface area contributed by atoms with Crippen LogP contribution in [0.15, 0.2) is 47.8 Å². The zero-order chi connectivity index (χ0) is 20.6. The molecule has 1 unspecified atom stereocenters. The number of oxime groups is 1. The van der Waals surface area contributed by atoms with Crippen molar-refractivity contribution in [2.24, 2.45) is 11.1 Å². The number of nitrogen functional groups attached to an aromatic ring is 1. The number of carbonyl (C=O) groups is 1. The van der Waals surface area contributed by atoms with E-state index >= 15 is 0 Å². The van der Waals surface area contributed by atoms with Crippen molar-refractivity contribution in [3.05, 3.63) is 48.2 Å². The van der Waals surface area contributed by atoms with Crippen LogP contribution in [0.25, 0.3) is 0 Å². The molecule has 3 rings (SSSR count). The second kappa shape index (κ2) is 9.77. The van der Waals surface area contributed by atoms with E-state index in [-0.39, 0.29) is 6.03 Å². The number of amides is 2. The molecule has 1 aromatic heterocycles. The summed E-state index contributed by atoms with van der Waals surface area (Å²) in [6, 6.07) is 10.9. The van der Waals surface area contributed by atoms with E-state index in [4.69, 9.17) is 15.7 Å². The van der Waals surface area contributed by atoms with Gasteiger partial charge in [0.1, 0.15) is 11.6 Å². The lowest BCUT2D eigenvalue weighted by Crippen LogP contribution is -2.33. The van der Waals surface area contributed by atoms with E-state index in [0.717, 1.165) is 36.4 Å². The van der Waals surface area contributed by atoms with Crippen LogP contribution in [0.1, 0.15) is 25.3 Å². The number of rotatable bonds is 9. The van der Waals surface area contributed by atoms with E-state index in [1.165, 1.54) is 6.21 Å². The number of nitrogens with two attached hydrogens (primary N) is 1. The Morgan fingerprint density at radius 1 is 1.28 bits per heavy atom. The van der Waals surface area contributed by atoms with Crippen molar-refractivity contribution in [3.63, 3.8) is 0 Å². The lowest BCUT2D eigenvalue weighted by molar-refractivity contribution is 0.214. The molecule has 1 aliphatic rings. The number of nitrogens with zero attached hydrogens (tertiary/aromatic N) is 4. The molecule has 1 atom stereocenters. The maximum atomic E-state index is 12.6. The highest BCUT2D eigenvalue weighted by atomic mass is 16.5. The number of aromatic nitrogens is 1. The molecule has 2 amide bonds. The molecule has 1 aliphatic heterocycles. The molecule has 3 N–H and O–H groups in total. The fraction of sp³-hybridized carbons (Fsp3) is 0.381. The molecule has 1 aromatic carbocycles. The number of benzene rings is 1. The highest BCUT2D eigenvalue weighted by Gasteiger charge is 2.29. The summed E-state index contributed by atoms with van der Waals surface area (Å²) in [7, 11) is 0. The predicted octanol–water partition coefficient (Wildman–Crippen LogP) is 3.21. The monoisotopic (exact) mass is 397 g/mol. The minimum atomic E-state index is 0.0190. The summed E-state index contributed by atoms with van der Waals surface area (Å²) >= 11 is 0. The van der Waals surface area contributed by atoms with Gasteiger partial charge in [0.25, 0.3) is 0 Å². The van der Waals surface area contributed by atoms with E-state index in [1.807, 2.05) is 29.2 Å². The molecule has 1 saturated heterocycles. The average Bonchev–Trinajstić information content (AvgIpc) is 3.08. The summed E-state index contributed by atoms with van der Waals surface area (Å²) in [6.07, 6.45) is 4.83. The van der Waals surface area contributed by atoms with Crippen LogP contribution in [0, 0.1) is 5.92 Å². The van der Waals surface area contributed by atoms with Gasteiger partial charge in [-0.2, -0.15) is 0 Å². The highest BCUT2D eigenvalue weighted by molar-refractivity contribution is 5.94. The van der Waals surface area contributed by atoms with Gasteiger partial charge in [-0.05, 0) is 54.7 Å². The van der Waals surface area contributed by atoms with Crippen molar-refractivity contribution in [2.45, 2.75) is 19.8 Å². The number of carbonyl (C=O) groups excluding carboxylic acids is 1. The lowest BCUT2D eigenvalue weighted by Gasteiger charge is -2.20. The number of urea groups is 1. The Labute approximate surface area is 170 Å². The molecule has 0 aliphatic carbocycles. The van der Waals surface area contributed by atoms with Crippen molar-refractivity contribution in [1.29, 1.82) is 0 Å². The Balaban J connectivity index is 1.39. The van der Waals surface area contributed by atoms with Gasteiger partial charge in [-0.25, -0.2) is 9.78 Å².